The van der Waals surface area contributed by atoms with Crippen LogP contribution < -0.4 is 0 Å². The first-order chi connectivity index (χ1) is 13.9. The van der Waals surface area contributed by atoms with Crippen molar-refractivity contribution in [2.24, 2.45) is 0 Å². The van der Waals surface area contributed by atoms with Crippen molar-refractivity contribution in [2.75, 3.05) is 13.2 Å². The molecule has 0 saturated carbocycles. The van der Waals surface area contributed by atoms with E-state index in [1.165, 1.54) is 4.90 Å². The summed E-state index contributed by atoms with van der Waals surface area (Å²) in [7, 11) is 0. The lowest BCUT2D eigenvalue weighted by molar-refractivity contribution is -0.140. The molecule has 1 aliphatic rings. The number of likely N-dealkylation sites (tertiary alicyclic amines) is 1. The second kappa shape index (κ2) is 9.20. The molecule has 1 aliphatic heterocycles. The van der Waals surface area contributed by atoms with E-state index in [4.69, 9.17) is 16.3 Å². The standard InChI is InChI=1S/C22H23ClN2O4/c1-14(2)29-13-5-12-25-19(17-6-3-4-11-24-17)18(21(27)22(25)28)20(26)15-7-9-16(23)10-8-15/h3-4,6-11,14,19,26H,5,12-13H2,1-2H3/b20-18+. The molecular formula is C22H23ClN2O4. The molecule has 0 spiro atoms. The summed E-state index contributed by atoms with van der Waals surface area (Å²) < 4.78 is 5.55. The zero-order valence-electron chi connectivity index (χ0n) is 16.3. The molecule has 1 atom stereocenters. The quantitative estimate of drug-likeness (QED) is 0.321. The Kier molecular flexibility index (Phi) is 6.67. The van der Waals surface area contributed by atoms with Gasteiger partial charge in [0.05, 0.1) is 17.4 Å². The van der Waals surface area contributed by atoms with E-state index in [0.717, 1.165) is 0 Å². The van der Waals surface area contributed by atoms with Gasteiger partial charge < -0.3 is 14.7 Å². The number of halogens is 1. The number of hydrogen-bond donors (Lipinski definition) is 1. The highest BCUT2D eigenvalue weighted by atomic mass is 35.5. The van der Waals surface area contributed by atoms with E-state index in [0.29, 0.717) is 35.9 Å². The minimum absolute atomic E-state index is 0.0285. The molecule has 1 unspecified atom stereocenters. The number of aliphatic hydroxyl groups is 1. The van der Waals surface area contributed by atoms with Crippen LogP contribution in [0.3, 0.4) is 0 Å². The lowest BCUT2D eigenvalue weighted by atomic mass is 9.98. The van der Waals surface area contributed by atoms with Gasteiger partial charge in [0.15, 0.2) is 0 Å². The molecule has 1 amide bonds. The molecule has 2 aromatic rings. The maximum absolute atomic E-state index is 12.8. The van der Waals surface area contributed by atoms with Crippen molar-refractivity contribution < 1.29 is 19.4 Å². The number of carbonyl (C=O) groups excluding carboxylic acids is 2. The topological polar surface area (TPSA) is 79.7 Å². The van der Waals surface area contributed by atoms with Crippen LogP contribution in [0, 0.1) is 0 Å². The van der Waals surface area contributed by atoms with Gasteiger partial charge in [-0.05, 0) is 56.7 Å². The van der Waals surface area contributed by atoms with Crippen molar-refractivity contribution >= 4 is 29.1 Å². The molecule has 1 saturated heterocycles. The zero-order chi connectivity index (χ0) is 21.0. The number of aromatic nitrogens is 1. The lowest BCUT2D eigenvalue weighted by Gasteiger charge is -2.24. The fraction of sp³-hybridized carbons (Fsp3) is 0.318. The van der Waals surface area contributed by atoms with Crippen LogP contribution in [0.2, 0.25) is 5.02 Å². The van der Waals surface area contributed by atoms with Crippen LogP contribution >= 0.6 is 11.6 Å². The third kappa shape index (κ3) is 4.66. The van der Waals surface area contributed by atoms with Crippen LogP contribution in [-0.4, -0.2) is 45.9 Å². The number of nitrogens with zero attached hydrogens (tertiary/aromatic N) is 2. The molecule has 152 valence electrons. The first-order valence-electron chi connectivity index (χ1n) is 9.47. The number of amides is 1. The second-order valence-electron chi connectivity index (χ2n) is 7.03. The Morgan fingerprint density at radius 2 is 1.93 bits per heavy atom. The number of carbonyl (C=O) groups is 2. The number of Topliss-reactive ketones (excluding diaryl/α,β-unsaturated/α-hetero) is 1. The highest BCUT2D eigenvalue weighted by Gasteiger charge is 2.46. The maximum Gasteiger partial charge on any atom is 0.295 e. The number of ether oxygens (including phenoxy) is 1. The van der Waals surface area contributed by atoms with Gasteiger partial charge in [-0.3, -0.25) is 14.6 Å². The summed E-state index contributed by atoms with van der Waals surface area (Å²) in [5.41, 5.74) is 0.962. The minimum atomic E-state index is -0.758. The lowest BCUT2D eigenvalue weighted by Crippen LogP contribution is -2.31. The predicted octanol–water partition coefficient (Wildman–Crippen LogP) is 3.97. The van der Waals surface area contributed by atoms with Crippen LogP contribution in [0.5, 0.6) is 0 Å². The van der Waals surface area contributed by atoms with E-state index in [2.05, 4.69) is 4.98 Å². The van der Waals surface area contributed by atoms with Crippen molar-refractivity contribution in [1.29, 1.82) is 0 Å². The predicted molar refractivity (Wildman–Crippen MR) is 110 cm³/mol. The molecule has 1 aromatic heterocycles. The summed E-state index contributed by atoms with van der Waals surface area (Å²) in [6.07, 6.45) is 2.25. The molecule has 3 rings (SSSR count). The number of hydrogen-bond acceptors (Lipinski definition) is 5. The van der Waals surface area contributed by atoms with Gasteiger partial charge in [-0.25, -0.2) is 0 Å². The van der Waals surface area contributed by atoms with Crippen molar-refractivity contribution in [3.8, 4) is 0 Å². The van der Waals surface area contributed by atoms with E-state index < -0.39 is 17.7 Å². The number of ketones is 1. The Labute approximate surface area is 174 Å². The van der Waals surface area contributed by atoms with Gasteiger partial charge in [-0.15, -0.1) is 0 Å². The van der Waals surface area contributed by atoms with Crippen LogP contribution in [0.1, 0.15) is 37.6 Å². The van der Waals surface area contributed by atoms with Gasteiger partial charge in [0.2, 0.25) is 0 Å². The number of benzene rings is 1. The molecule has 7 heteroatoms. The van der Waals surface area contributed by atoms with E-state index in [1.807, 2.05) is 13.8 Å². The van der Waals surface area contributed by atoms with Crippen LogP contribution in [-0.2, 0) is 14.3 Å². The molecule has 29 heavy (non-hydrogen) atoms. The molecular weight excluding hydrogens is 392 g/mol. The van der Waals surface area contributed by atoms with Gasteiger partial charge in [0.1, 0.15) is 11.8 Å². The Morgan fingerprint density at radius 3 is 2.55 bits per heavy atom. The van der Waals surface area contributed by atoms with E-state index in [-0.39, 0.29) is 17.4 Å². The second-order valence-corrected chi connectivity index (χ2v) is 7.46. The van der Waals surface area contributed by atoms with Crippen molar-refractivity contribution in [2.45, 2.75) is 32.4 Å². The third-order valence-corrected chi connectivity index (χ3v) is 4.87. The molecule has 1 N–H and O–H groups in total. The Balaban J connectivity index is 1.99. The van der Waals surface area contributed by atoms with Gasteiger partial charge in [0.25, 0.3) is 11.7 Å². The van der Waals surface area contributed by atoms with Crippen LogP contribution in [0.25, 0.3) is 5.76 Å². The molecule has 0 radical (unpaired) electrons. The summed E-state index contributed by atoms with van der Waals surface area (Å²) in [6.45, 7) is 4.65. The molecule has 1 fully saturated rings. The minimum Gasteiger partial charge on any atom is -0.507 e. The van der Waals surface area contributed by atoms with Gasteiger partial charge in [0, 0.05) is 29.9 Å². The fourth-order valence-electron chi connectivity index (χ4n) is 3.27. The average molecular weight is 415 g/mol. The number of rotatable bonds is 7. The summed E-state index contributed by atoms with van der Waals surface area (Å²) in [5.74, 6) is -1.62. The van der Waals surface area contributed by atoms with Crippen molar-refractivity contribution in [3.63, 3.8) is 0 Å². The summed E-state index contributed by atoms with van der Waals surface area (Å²) in [5, 5.41) is 11.4. The smallest absolute Gasteiger partial charge is 0.295 e. The molecule has 0 bridgehead atoms. The average Bonchev–Trinajstić information content (AvgIpc) is 2.96. The van der Waals surface area contributed by atoms with E-state index >= 15 is 0 Å². The molecule has 2 heterocycles. The molecule has 6 nitrogen and oxygen atoms in total. The molecule has 0 aliphatic carbocycles. The van der Waals surface area contributed by atoms with E-state index in [1.54, 1.807) is 48.7 Å². The van der Waals surface area contributed by atoms with Crippen molar-refractivity contribution in [3.05, 3.63) is 70.5 Å². The van der Waals surface area contributed by atoms with E-state index in [9.17, 15) is 14.7 Å². The summed E-state index contributed by atoms with van der Waals surface area (Å²) >= 11 is 5.92. The third-order valence-electron chi connectivity index (χ3n) is 4.62. The van der Waals surface area contributed by atoms with Crippen molar-refractivity contribution in [1.82, 2.24) is 9.88 Å². The summed E-state index contributed by atoms with van der Waals surface area (Å²) in [4.78, 5) is 31.4. The number of pyridine rings is 1. The summed E-state index contributed by atoms with van der Waals surface area (Å²) in [6, 6.07) is 11.0. The Morgan fingerprint density at radius 1 is 1.21 bits per heavy atom. The highest BCUT2D eigenvalue weighted by Crippen LogP contribution is 2.38. The van der Waals surface area contributed by atoms with Gasteiger partial charge in [-0.1, -0.05) is 17.7 Å². The normalized spacial score (nSPS) is 18.6. The monoisotopic (exact) mass is 414 g/mol. The first kappa shape index (κ1) is 21.0. The largest absolute Gasteiger partial charge is 0.507 e. The Hall–Kier alpha value is -2.70. The molecule has 1 aromatic carbocycles. The fourth-order valence-corrected chi connectivity index (χ4v) is 3.40. The van der Waals surface area contributed by atoms with Gasteiger partial charge >= 0.3 is 0 Å². The van der Waals surface area contributed by atoms with Gasteiger partial charge in [-0.2, -0.15) is 0 Å². The maximum atomic E-state index is 12.8. The first-order valence-corrected chi connectivity index (χ1v) is 9.85. The SMILES string of the molecule is CC(C)OCCCN1C(=O)C(=O)/C(=C(/O)c2ccc(Cl)cc2)C1c1ccccn1. The number of aliphatic hydroxyl groups excluding tert-OH is 1. The van der Waals surface area contributed by atoms with Crippen LogP contribution in [0.15, 0.2) is 54.2 Å². The Bertz CT molecular complexity index is 910. The zero-order valence-corrected chi connectivity index (χ0v) is 17.1. The van der Waals surface area contributed by atoms with Crippen LogP contribution in [0.4, 0.5) is 0 Å². The highest BCUT2D eigenvalue weighted by molar-refractivity contribution is 6.46.